The molecule has 0 aliphatic carbocycles. The van der Waals surface area contributed by atoms with E-state index in [2.05, 4.69) is 0 Å². The lowest BCUT2D eigenvalue weighted by Gasteiger charge is -2.14. The molecule has 210 valence electrons. The van der Waals surface area contributed by atoms with E-state index in [0.29, 0.717) is 35.4 Å². The smallest absolute Gasteiger partial charge is 0.302 e. The number of carbonyl (C=O) groups is 1. The quantitative estimate of drug-likeness (QED) is 0.224. The molecule has 5 aromatic rings. The summed E-state index contributed by atoms with van der Waals surface area (Å²) in [6.07, 6.45) is 2.04. The van der Waals surface area contributed by atoms with Gasteiger partial charge in [0.2, 0.25) is 0 Å². The molecule has 9 heteroatoms. The van der Waals surface area contributed by atoms with E-state index in [1.807, 2.05) is 61.5 Å². The number of aromatic nitrogens is 2. The summed E-state index contributed by atoms with van der Waals surface area (Å²) in [5.74, 6) is 0.298. The number of hydrogen-bond acceptors (Lipinski definition) is 7. The number of fused-ring (bicyclic) bond motifs is 1. The van der Waals surface area contributed by atoms with Crippen LogP contribution >= 0.6 is 0 Å². The van der Waals surface area contributed by atoms with Crippen molar-refractivity contribution in [2.75, 3.05) is 6.61 Å². The number of rotatable bonds is 10. The largest absolute Gasteiger partial charge is 0.487 e. The fourth-order valence-corrected chi connectivity index (χ4v) is 5.94. The second kappa shape index (κ2) is 12.0. The van der Waals surface area contributed by atoms with Crippen molar-refractivity contribution in [2.24, 2.45) is 5.73 Å². The normalized spacial score (nSPS) is 11.5. The minimum absolute atomic E-state index is 0.0971. The van der Waals surface area contributed by atoms with Crippen molar-refractivity contribution in [3.8, 4) is 16.9 Å². The van der Waals surface area contributed by atoms with Crippen LogP contribution in [0, 0.1) is 6.92 Å². The molecule has 0 fully saturated rings. The zero-order chi connectivity index (χ0) is 29.0. The molecule has 0 saturated heterocycles. The number of pyridine rings is 1. The van der Waals surface area contributed by atoms with E-state index in [4.69, 9.17) is 20.2 Å². The number of benzene rings is 3. The van der Waals surface area contributed by atoms with Crippen LogP contribution in [0.1, 0.15) is 29.3 Å². The van der Waals surface area contributed by atoms with Gasteiger partial charge in [-0.3, -0.25) is 4.79 Å². The highest BCUT2D eigenvalue weighted by atomic mass is 32.2. The average Bonchev–Trinajstić information content (AvgIpc) is 3.41. The summed E-state index contributed by atoms with van der Waals surface area (Å²) in [7, 11) is -3.91. The van der Waals surface area contributed by atoms with Gasteiger partial charge >= 0.3 is 5.97 Å². The van der Waals surface area contributed by atoms with Gasteiger partial charge in [0, 0.05) is 31.5 Å². The van der Waals surface area contributed by atoms with Gasteiger partial charge in [-0.25, -0.2) is 17.4 Å². The maximum Gasteiger partial charge on any atom is 0.302 e. The van der Waals surface area contributed by atoms with Gasteiger partial charge in [0.15, 0.2) is 5.65 Å². The molecule has 8 nitrogen and oxygen atoms in total. The molecule has 41 heavy (non-hydrogen) atoms. The van der Waals surface area contributed by atoms with E-state index in [0.717, 1.165) is 27.8 Å². The van der Waals surface area contributed by atoms with Crippen molar-refractivity contribution < 1.29 is 22.7 Å². The maximum absolute atomic E-state index is 13.7. The van der Waals surface area contributed by atoms with Crippen molar-refractivity contribution in [2.45, 2.75) is 38.3 Å². The monoisotopic (exact) mass is 569 g/mol. The first-order chi connectivity index (χ1) is 19.8. The molecule has 0 atom stereocenters. The molecular weight excluding hydrogens is 538 g/mol. The fraction of sp³-hybridized carbons (Fsp3) is 0.188. The van der Waals surface area contributed by atoms with Gasteiger partial charge in [0.25, 0.3) is 10.0 Å². The Balaban J connectivity index is 1.57. The molecule has 2 heterocycles. The highest BCUT2D eigenvalue weighted by Gasteiger charge is 2.22. The zero-order valence-corrected chi connectivity index (χ0v) is 23.7. The topological polar surface area (TPSA) is 114 Å². The van der Waals surface area contributed by atoms with Crippen molar-refractivity contribution in [3.63, 3.8) is 0 Å². The third-order valence-electron chi connectivity index (χ3n) is 6.75. The van der Waals surface area contributed by atoms with Crippen molar-refractivity contribution >= 4 is 27.0 Å². The minimum atomic E-state index is -3.91. The molecule has 0 bridgehead atoms. The van der Waals surface area contributed by atoms with Gasteiger partial charge in [-0.05, 0) is 65.6 Å². The third kappa shape index (κ3) is 6.16. The fourth-order valence-electron chi connectivity index (χ4n) is 4.64. The number of nitrogens with zero attached hydrogens (tertiary/aromatic N) is 2. The predicted octanol–water partition coefficient (Wildman–Crippen LogP) is 5.39. The van der Waals surface area contributed by atoms with Crippen LogP contribution in [0.15, 0.2) is 96.0 Å². The molecule has 2 aromatic heterocycles. The number of esters is 1. The summed E-state index contributed by atoms with van der Waals surface area (Å²) in [5.41, 5.74) is 11.3. The molecule has 0 spiro atoms. The number of hydrogen-bond donors (Lipinski definition) is 1. The first kappa shape index (κ1) is 28.1. The highest BCUT2D eigenvalue weighted by Crippen LogP contribution is 2.32. The first-order valence-electron chi connectivity index (χ1n) is 13.2. The van der Waals surface area contributed by atoms with Crippen LogP contribution in [0.3, 0.4) is 0 Å². The predicted molar refractivity (Wildman–Crippen MR) is 158 cm³/mol. The summed E-state index contributed by atoms with van der Waals surface area (Å²) >= 11 is 0. The van der Waals surface area contributed by atoms with Crippen LogP contribution in [-0.2, 0) is 39.1 Å². The van der Waals surface area contributed by atoms with Gasteiger partial charge in [-0.1, -0.05) is 54.1 Å². The first-order valence-corrected chi connectivity index (χ1v) is 14.7. The van der Waals surface area contributed by atoms with Crippen molar-refractivity contribution in [3.05, 3.63) is 114 Å². The Labute approximate surface area is 239 Å². The number of para-hydroxylation sites is 1. The number of ether oxygens (including phenoxy) is 2. The van der Waals surface area contributed by atoms with Crippen LogP contribution < -0.4 is 10.5 Å². The molecule has 0 radical (unpaired) electrons. The summed E-state index contributed by atoms with van der Waals surface area (Å²) in [4.78, 5) is 16.1. The van der Waals surface area contributed by atoms with Crippen LogP contribution in [0.2, 0.25) is 0 Å². The molecule has 0 saturated carbocycles. The summed E-state index contributed by atoms with van der Waals surface area (Å²) in [6.45, 7) is 4.00. The van der Waals surface area contributed by atoms with E-state index < -0.39 is 10.0 Å². The molecule has 5 rings (SSSR count). The van der Waals surface area contributed by atoms with E-state index in [1.54, 1.807) is 30.3 Å². The Kier molecular flexibility index (Phi) is 8.19. The lowest BCUT2D eigenvalue weighted by molar-refractivity contribution is -0.140. The lowest BCUT2D eigenvalue weighted by atomic mass is 10.0. The number of nitrogens with two attached hydrogens (primary N) is 1. The van der Waals surface area contributed by atoms with E-state index in [-0.39, 0.29) is 24.1 Å². The summed E-state index contributed by atoms with van der Waals surface area (Å²) in [6, 6.07) is 25.8. The van der Waals surface area contributed by atoms with Gasteiger partial charge in [-0.15, -0.1) is 0 Å². The minimum Gasteiger partial charge on any atom is -0.487 e. The second-order valence-corrected chi connectivity index (χ2v) is 11.5. The Morgan fingerprint density at radius 1 is 0.976 bits per heavy atom. The number of aryl methyl sites for hydroxylation is 1. The van der Waals surface area contributed by atoms with Crippen molar-refractivity contribution in [1.29, 1.82) is 0 Å². The van der Waals surface area contributed by atoms with E-state index in [1.165, 1.54) is 17.1 Å². The van der Waals surface area contributed by atoms with Gasteiger partial charge in [0.05, 0.1) is 17.2 Å². The van der Waals surface area contributed by atoms with Crippen LogP contribution in [0.5, 0.6) is 5.75 Å². The second-order valence-electron chi connectivity index (χ2n) is 9.72. The molecule has 2 N–H and O–H groups in total. The van der Waals surface area contributed by atoms with Gasteiger partial charge < -0.3 is 15.2 Å². The maximum atomic E-state index is 13.7. The zero-order valence-electron chi connectivity index (χ0n) is 22.9. The van der Waals surface area contributed by atoms with Gasteiger partial charge in [-0.2, -0.15) is 0 Å². The Morgan fingerprint density at radius 2 is 1.76 bits per heavy atom. The van der Waals surface area contributed by atoms with Crippen molar-refractivity contribution in [1.82, 2.24) is 8.96 Å². The van der Waals surface area contributed by atoms with Crippen LogP contribution in [0.25, 0.3) is 22.2 Å². The Bertz CT molecular complexity index is 1810. The van der Waals surface area contributed by atoms with E-state index >= 15 is 0 Å². The molecule has 0 amide bonds. The molecular formula is C32H31N3O5S. The van der Waals surface area contributed by atoms with Gasteiger partial charge in [0.1, 0.15) is 12.4 Å². The molecule has 0 aliphatic heterocycles. The Hall–Kier alpha value is -4.47. The Morgan fingerprint density at radius 3 is 2.51 bits per heavy atom. The van der Waals surface area contributed by atoms with E-state index in [9.17, 15) is 13.2 Å². The summed E-state index contributed by atoms with van der Waals surface area (Å²) < 4.78 is 39.9. The number of carbonyl (C=O) groups excluding carboxylic acids is 1. The molecule has 0 aliphatic rings. The SMILES string of the molecule is CC(=O)OCCc1ccccc1OCc1cc(-c2cccc(CN)c2)c2ccn(S(=O)(=O)c3ccc(C)cc3)c2n1. The standard InChI is InChI=1S/C32H31N3O5S/c1-22-10-12-28(13-11-22)41(37,38)35-16-14-29-30(26-8-5-6-24(18-26)20-33)19-27(34-32(29)35)21-40-31-9-4-3-7-25(31)15-17-39-23(2)36/h3-14,16,18-19H,15,17,20-21,33H2,1-2H3. The average molecular weight is 570 g/mol. The highest BCUT2D eigenvalue weighted by molar-refractivity contribution is 7.90. The third-order valence-corrected chi connectivity index (χ3v) is 8.43. The molecule has 0 unspecified atom stereocenters. The lowest BCUT2D eigenvalue weighted by Crippen LogP contribution is -2.13. The van der Waals surface area contributed by atoms with Crippen LogP contribution in [0.4, 0.5) is 0 Å². The summed E-state index contributed by atoms with van der Waals surface area (Å²) in [5, 5.41) is 0.695. The molecule has 3 aromatic carbocycles. The van der Waals surface area contributed by atoms with Crippen LogP contribution in [-0.4, -0.2) is 30.0 Å².